The quantitative estimate of drug-likeness (QED) is 0.0111. The van der Waals surface area contributed by atoms with Crippen LogP contribution in [0.15, 0.2) is 72.9 Å². The first-order chi connectivity index (χ1) is 29.3. The van der Waals surface area contributed by atoms with Gasteiger partial charge in [0.25, 0.3) is 0 Å². The number of phosphoric acid groups is 1. The fourth-order valence-corrected chi connectivity index (χ4v) is 6.41. The molecule has 15 heteroatoms. The molecule has 7 N–H and O–H groups in total. The lowest BCUT2D eigenvalue weighted by Crippen LogP contribution is -2.34. The van der Waals surface area contributed by atoms with E-state index in [2.05, 4.69) is 23.6 Å². The van der Waals surface area contributed by atoms with Gasteiger partial charge in [0.1, 0.15) is 12.6 Å². The zero-order valence-electron chi connectivity index (χ0n) is 36.8. The van der Waals surface area contributed by atoms with E-state index in [1.54, 1.807) is 42.5 Å². The SMILES string of the molecule is CC/C=C\C[C@H](O)/C=C/C=C/C=C\C=C/[C@@H](O)[C@H](O)CCCC(=O)O[C@H](COC(=O)CCCCCCCCC/C=C\CCCCCCCC)COP(=O)(O)OC[C@H](N)C(=O)O. The van der Waals surface area contributed by atoms with Crippen molar-refractivity contribution in [3.05, 3.63) is 72.9 Å². The number of allylic oxidation sites excluding steroid dienone is 9. The van der Waals surface area contributed by atoms with Crippen molar-refractivity contribution < 1.29 is 62.8 Å². The number of aliphatic hydroxyl groups is 3. The van der Waals surface area contributed by atoms with Crippen molar-refractivity contribution in [2.24, 2.45) is 5.73 Å². The summed E-state index contributed by atoms with van der Waals surface area (Å²) in [4.78, 5) is 46.0. The van der Waals surface area contributed by atoms with Crippen molar-refractivity contribution in [2.45, 2.75) is 179 Å². The standard InChI is InChI=1S/C46H78NO13P/c1-3-5-7-8-9-10-11-12-13-14-15-16-17-18-19-24-28-34-44(51)57-36-40(37-58-61(55,56)59-38-41(47)46(53)54)60-45(52)35-29-33-43(50)42(49)32-27-23-21-20-22-26-31-39(48)30-25-6-4-2/h6,12-13,20-23,25-27,31-32,39-43,48-50H,3-5,7-11,14-19,24,28-30,33-38,47H2,1-2H3,(H,53,54)(H,55,56)/b13-12-,22-20+,23-21-,25-6-,31-26+,32-27-/t39-,40+,41-,42+,43+/m0/s1. The monoisotopic (exact) mass is 884 g/mol. The lowest BCUT2D eigenvalue weighted by atomic mass is 10.1. The number of ether oxygens (including phenoxy) is 2. The fourth-order valence-electron chi connectivity index (χ4n) is 5.64. The van der Waals surface area contributed by atoms with E-state index >= 15 is 0 Å². The Morgan fingerprint density at radius 3 is 1.79 bits per heavy atom. The van der Waals surface area contributed by atoms with Crippen molar-refractivity contribution >= 4 is 25.7 Å². The maximum absolute atomic E-state index is 12.7. The van der Waals surface area contributed by atoms with E-state index in [1.165, 1.54) is 63.9 Å². The van der Waals surface area contributed by atoms with Gasteiger partial charge in [-0.05, 0) is 57.8 Å². The van der Waals surface area contributed by atoms with Crippen LogP contribution in [0.4, 0.5) is 0 Å². The van der Waals surface area contributed by atoms with Gasteiger partial charge in [0.2, 0.25) is 0 Å². The number of hydrogen-bond acceptors (Lipinski definition) is 12. The predicted molar refractivity (Wildman–Crippen MR) is 239 cm³/mol. The lowest BCUT2D eigenvalue weighted by molar-refractivity contribution is -0.161. The van der Waals surface area contributed by atoms with Crippen LogP contribution in [0.3, 0.4) is 0 Å². The maximum Gasteiger partial charge on any atom is 0.472 e. The molecular formula is C46H78NO13P. The van der Waals surface area contributed by atoms with Gasteiger partial charge >= 0.3 is 25.7 Å². The van der Waals surface area contributed by atoms with Crippen molar-refractivity contribution in [3.63, 3.8) is 0 Å². The van der Waals surface area contributed by atoms with Gasteiger partial charge in [-0.2, -0.15) is 0 Å². The number of aliphatic carboxylic acids is 1. The summed E-state index contributed by atoms with van der Waals surface area (Å²) in [5.74, 6) is -2.77. The van der Waals surface area contributed by atoms with Gasteiger partial charge in [-0.3, -0.25) is 23.4 Å². The number of carboxylic acids is 1. The zero-order chi connectivity index (χ0) is 45.4. The molecule has 0 saturated carbocycles. The van der Waals surface area contributed by atoms with Crippen LogP contribution in [-0.2, 0) is 37.5 Å². The summed E-state index contributed by atoms with van der Waals surface area (Å²) in [5.41, 5.74) is 5.31. The Bertz CT molecular complexity index is 1360. The number of aliphatic hydroxyl groups excluding tert-OH is 3. The smallest absolute Gasteiger partial charge is 0.472 e. The van der Waals surface area contributed by atoms with Crippen LogP contribution < -0.4 is 5.73 Å². The first-order valence-electron chi connectivity index (χ1n) is 22.3. The highest BCUT2D eigenvalue weighted by atomic mass is 31.2. The van der Waals surface area contributed by atoms with Gasteiger partial charge < -0.3 is 40.5 Å². The van der Waals surface area contributed by atoms with Gasteiger partial charge in [-0.15, -0.1) is 0 Å². The molecule has 0 aliphatic carbocycles. The lowest BCUT2D eigenvalue weighted by Gasteiger charge is -2.20. The van der Waals surface area contributed by atoms with Crippen LogP contribution in [-0.4, -0.2) is 93.5 Å². The molecule has 0 fully saturated rings. The molecule has 0 spiro atoms. The number of phosphoric ester groups is 1. The van der Waals surface area contributed by atoms with Crippen molar-refractivity contribution in [3.8, 4) is 0 Å². The van der Waals surface area contributed by atoms with Gasteiger partial charge in [0, 0.05) is 12.8 Å². The van der Waals surface area contributed by atoms with E-state index in [4.69, 9.17) is 24.8 Å². The third-order valence-corrected chi connectivity index (χ3v) is 10.2. The molecule has 14 nitrogen and oxygen atoms in total. The Labute approximate surface area is 365 Å². The maximum atomic E-state index is 12.7. The second-order valence-electron chi connectivity index (χ2n) is 15.0. The number of nitrogens with two attached hydrogens (primary N) is 1. The molecule has 0 rings (SSSR count). The second-order valence-corrected chi connectivity index (χ2v) is 16.5. The second kappa shape index (κ2) is 39.6. The average Bonchev–Trinajstić information content (AvgIpc) is 3.22. The van der Waals surface area contributed by atoms with Crippen LogP contribution >= 0.6 is 7.82 Å². The Balaban J connectivity index is 4.69. The van der Waals surface area contributed by atoms with Crippen molar-refractivity contribution in [1.29, 1.82) is 0 Å². The molecule has 6 atom stereocenters. The van der Waals surface area contributed by atoms with Crippen molar-refractivity contribution in [1.82, 2.24) is 0 Å². The van der Waals surface area contributed by atoms with Gasteiger partial charge in [-0.1, -0.05) is 151 Å². The Kier molecular flexibility index (Phi) is 37.6. The molecule has 0 bridgehead atoms. The molecule has 0 radical (unpaired) electrons. The summed E-state index contributed by atoms with van der Waals surface area (Å²) >= 11 is 0. The van der Waals surface area contributed by atoms with Gasteiger partial charge in [-0.25, -0.2) is 4.57 Å². The Morgan fingerprint density at radius 2 is 1.18 bits per heavy atom. The van der Waals surface area contributed by atoms with Crippen LogP contribution in [0, 0.1) is 0 Å². The molecule has 61 heavy (non-hydrogen) atoms. The zero-order valence-corrected chi connectivity index (χ0v) is 37.7. The van der Waals surface area contributed by atoms with Crippen LogP contribution in [0.25, 0.3) is 0 Å². The van der Waals surface area contributed by atoms with E-state index < -0.39 is 76.0 Å². The summed E-state index contributed by atoms with van der Waals surface area (Å²) in [5, 5.41) is 39.3. The summed E-state index contributed by atoms with van der Waals surface area (Å²) in [6.45, 7) is 2.24. The molecule has 0 heterocycles. The largest absolute Gasteiger partial charge is 0.480 e. The molecule has 0 aliphatic heterocycles. The molecule has 0 aromatic heterocycles. The summed E-state index contributed by atoms with van der Waals surface area (Å²) < 4.78 is 32.5. The number of carbonyl (C=O) groups is 3. The number of carbonyl (C=O) groups excluding carboxylic acids is 2. The molecule has 1 unspecified atom stereocenters. The van der Waals surface area contributed by atoms with Crippen LogP contribution in [0.2, 0.25) is 0 Å². The van der Waals surface area contributed by atoms with Crippen LogP contribution in [0.5, 0.6) is 0 Å². The van der Waals surface area contributed by atoms with E-state index in [-0.39, 0.29) is 25.7 Å². The molecule has 0 aliphatic rings. The van der Waals surface area contributed by atoms with Gasteiger partial charge in [0.15, 0.2) is 6.10 Å². The van der Waals surface area contributed by atoms with E-state index in [1.807, 2.05) is 19.1 Å². The molecule has 350 valence electrons. The van der Waals surface area contributed by atoms with E-state index in [0.717, 1.165) is 38.5 Å². The third kappa shape index (κ3) is 38.2. The van der Waals surface area contributed by atoms with Crippen molar-refractivity contribution in [2.75, 3.05) is 19.8 Å². The third-order valence-electron chi connectivity index (χ3n) is 9.28. The molecule has 0 amide bonds. The van der Waals surface area contributed by atoms with Crippen LogP contribution in [0.1, 0.15) is 149 Å². The molecule has 0 aromatic rings. The summed E-state index contributed by atoms with van der Waals surface area (Å²) in [6, 6.07) is -1.58. The number of hydrogen-bond donors (Lipinski definition) is 6. The Morgan fingerprint density at radius 1 is 0.639 bits per heavy atom. The number of unbranched alkanes of at least 4 members (excludes halogenated alkanes) is 13. The molecule has 0 saturated heterocycles. The minimum absolute atomic E-state index is 0.0428. The minimum Gasteiger partial charge on any atom is -0.480 e. The number of rotatable bonds is 40. The highest BCUT2D eigenvalue weighted by Crippen LogP contribution is 2.43. The summed E-state index contributed by atoms with van der Waals surface area (Å²) in [7, 11) is -4.82. The predicted octanol–water partition coefficient (Wildman–Crippen LogP) is 8.64. The highest BCUT2D eigenvalue weighted by Gasteiger charge is 2.28. The average molecular weight is 884 g/mol. The topological polar surface area (TPSA) is 232 Å². The minimum atomic E-state index is -4.82. The first-order valence-corrected chi connectivity index (χ1v) is 23.8. The van der Waals surface area contributed by atoms with E-state index in [9.17, 15) is 39.2 Å². The molecular weight excluding hydrogens is 805 g/mol. The highest BCUT2D eigenvalue weighted by molar-refractivity contribution is 7.47. The molecule has 0 aromatic carbocycles. The Hall–Kier alpha value is -3.20. The number of esters is 2. The number of carboxylic acid groups (broad SMARTS) is 1. The fraction of sp³-hybridized carbons (Fsp3) is 0.674. The summed E-state index contributed by atoms with van der Waals surface area (Å²) in [6.07, 6.45) is 36.2. The van der Waals surface area contributed by atoms with E-state index in [0.29, 0.717) is 12.8 Å². The first kappa shape index (κ1) is 57.8. The van der Waals surface area contributed by atoms with Gasteiger partial charge in [0.05, 0.1) is 31.5 Å². The normalized spacial score (nSPS) is 15.9.